The van der Waals surface area contributed by atoms with Gasteiger partial charge in [0.1, 0.15) is 23.8 Å². The first-order valence-corrected chi connectivity index (χ1v) is 9.45. The lowest BCUT2D eigenvalue weighted by Crippen LogP contribution is -2.30. The van der Waals surface area contributed by atoms with Crippen LogP contribution in [0.15, 0.2) is 48.2 Å². The van der Waals surface area contributed by atoms with Crippen molar-refractivity contribution in [3.05, 3.63) is 64.9 Å². The van der Waals surface area contributed by atoms with Crippen molar-refractivity contribution in [2.24, 2.45) is 0 Å². The summed E-state index contributed by atoms with van der Waals surface area (Å²) >= 11 is 5.14. The predicted molar refractivity (Wildman–Crippen MR) is 110 cm³/mol. The molecule has 0 radical (unpaired) electrons. The van der Waals surface area contributed by atoms with E-state index in [0.29, 0.717) is 34.2 Å². The topological polar surface area (TPSA) is 50.8 Å². The van der Waals surface area contributed by atoms with Crippen LogP contribution in [0.25, 0.3) is 6.08 Å². The maximum absolute atomic E-state index is 12.9. The average Bonchev–Trinajstić information content (AvgIpc) is 2.98. The minimum Gasteiger partial charge on any atom is -0.496 e. The molecule has 0 saturated carbocycles. The molecule has 1 aliphatic rings. The van der Waals surface area contributed by atoms with Crippen molar-refractivity contribution in [1.82, 2.24) is 10.2 Å². The van der Waals surface area contributed by atoms with Crippen LogP contribution < -0.4 is 14.8 Å². The summed E-state index contributed by atoms with van der Waals surface area (Å²) < 4.78 is 49.5. The van der Waals surface area contributed by atoms with E-state index in [9.17, 15) is 18.0 Å². The highest BCUT2D eigenvalue weighted by Crippen LogP contribution is 2.32. The molecule has 2 aromatic rings. The number of thiocarbonyl (C=S) groups is 1. The first kappa shape index (κ1) is 21.6. The van der Waals surface area contributed by atoms with E-state index in [1.807, 2.05) is 6.92 Å². The number of hydrogen-bond donors (Lipinski definition) is 1. The molecule has 5 nitrogen and oxygen atoms in total. The summed E-state index contributed by atoms with van der Waals surface area (Å²) in [5.74, 6) is 0.382. The second-order valence-corrected chi connectivity index (χ2v) is 6.81. The molecule has 158 valence electrons. The van der Waals surface area contributed by atoms with E-state index in [2.05, 4.69) is 5.32 Å². The third kappa shape index (κ3) is 4.73. The molecule has 0 atom stereocenters. The van der Waals surface area contributed by atoms with E-state index in [4.69, 9.17) is 21.7 Å². The summed E-state index contributed by atoms with van der Waals surface area (Å²) in [6.07, 6.45) is -2.80. The number of nitrogens with one attached hydrogen (secondary N) is 1. The van der Waals surface area contributed by atoms with E-state index < -0.39 is 11.7 Å². The van der Waals surface area contributed by atoms with Gasteiger partial charge in [-0.1, -0.05) is 12.1 Å². The van der Waals surface area contributed by atoms with Crippen molar-refractivity contribution < 1.29 is 27.4 Å². The summed E-state index contributed by atoms with van der Waals surface area (Å²) in [4.78, 5) is 13.8. The van der Waals surface area contributed by atoms with Gasteiger partial charge in [0.05, 0.1) is 12.7 Å². The van der Waals surface area contributed by atoms with Gasteiger partial charge in [0.15, 0.2) is 5.11 Å². The minimum atomic E-state index is -4.45. The second-order valence-electron chi connectivity index (χ2n) is 6.42. The Kier molecular flexibility index (Phi) is 6.31. The van der Waals surface area contributed by atoms with Gasteiger partial charge in [0, 0.05) is 12.1 Å². The smallest absolute Gasteiger partial charge is 0.416 e. The number of amides is 1. The number of alkyl halides is 3. The number of benzene rings is 2. The van der Waals surface area contributed by atoms with Crippen LogP contribution in [0.3, 0.4) is 0 Å². The molecule has 1 heterocycles. The van der Waals surface area contributed by atoms with E-state index in [-0.39, 0.29) is 18.3 Å². The molecule has 2 aromatic carbocycles. The van der Waals surface area contributed by atoms with Crippen LogP contribution in [-0.4, -0.2) is 29.6 Å². The lowest BCUT2D eigenvalue weighted by Gasteiger charge is -2.13. The largest absolute Gasteiger partial charge is 0.496 e. The van der Waals surface area contributed by atoms with Crippen LogP contribution >= 0.6 is 12.2 Å². The number of nitrogens with zero attached hydrogens (tertiary/aromatic N) is 1. The van der Waals surface area contributed by atoms with Crippen molar-refractivity contribution >= 4 is 29.3 Å². The van der Waals surface area contributed by atoms with Crippen molar-refractivity contribution in [2.75, 3.05) is 13.7 Å². The molecular formula is C21H19F3N2O3S. The summed E-state index contributed by atoms with van der Waals surface area (Å²) in [7, 11) is 1.49. The SMILES string of the molecule is CCN1C(=O)/C(=C\c2ccc(OC)c(COc3cccc(C(F)(F)F)c3)c2)NC1=S. The summed E-state index contributed by atoms with van der Waals surface area (Å²) in [5, 5.41) is 3.22. The monoisotopic (exact) mass is 436 g/mol. The van der Waals surface area contributed by atoms with Gasteiger partial charge in [-0.2, -0.15) is 13.2 Å². The molecule has 1 amide bonds. The predicted octanol–water partition coefficient (Wildman–Crippen LogP) is 4.37. The Morgan fingerprint density at radius 2 is 1.97 bits per heavy atom. The highest BCUT2D eigenvalue weighted by Gasteiger charge is 2.31. The van der Waals surface area contributed by atoms with Gasteiger partial charge in [0.2, 0.25) is 0 Å². The van der Waals surface area contributed by atoms with Gasteiger partial charge < -0.3 is 14.8 Å². The Balaban J connectivity index is 1.82. The first-order valence-electron chi connectivity index (χ1n) is 9.04. The third-order valence-electron chi connectivity index (χ3n) is 4.45. The number of carbonyl (C=O) groups is 1. The maximum atomic E-state index is 12.9. The molecule has 0 unspecified atom stereocenters. The van der Waals surface area contributed by atoms with Gasteiger partial charge in [-0.15, -0.1) is 0 Å². The molecule has 0 aromatic heterocycles. The van der Waals surface area contributed by atoms with Gasteiger partial charge in [0.25, 0.3) is 5.91 Å². The third-order valence-corrected chi connectivity index (χ3v) is 4.77. The van der Waals surface area contributed by atoms with E-state index in [1.165, 1.54) is 24.1 Å². The molecule has 1 aliphatic heterocycles. The van der Waals surface area contributed by atoms with Crippen molar-refractivity contribution in [2.45, 2.75) is 19.7 Å². The zero-order chi connectivity index (χ0) is 21.9. The number of ether oxygens (including phenoxy) is 2. The van der Waals surface area contributed by atoms with Crippen molar-refractivity contribution in [3.63, 3.8) is 0 Å². The molecule has 9 heteroatoms. The molecule has 0 bridgehead atoms. The molecule has 30 heavy (non-hydrogen) atoms. The summed E-state index contributed by atoms with van der Waals surface area (Å²) in [6.45, 7) is 2.27. The van der Waals surface area contributed by atoms with Crippen LogP contribution in [0.2, 0.25) is 0 Å². The van der Waals surface area contributed by atoms with E-state index in [1.54, 1.807) is 24.3 Å². The highest BCUT2D eigenvalue weighted by atomic mass is 32.1. The lowest BCUT2D eigenvalue weighted by molar-refractivity contribution is -0.137. The fourth-order valence-electron chi connectivity index (χ4n) is 2.95. The van der Waals surface area contributed by atoms with Gasteiger partial charge in [-0.3, -0.25) is 9.69 Å². The van der Waals surface area contributed by atoms with Gasteiger partial charge in [-0.25, -0.2) is 0 Å². The highest BCUT2D eigenvalue weighted by molar-refractivity contribution is 7.80. The Bertz CT molecular complexity index is 1010. The molecule has 1 fully saturated rings. The molecule has 3 rings (SSSR count). The fraction of sp³-hybridized carbons (Fsp3) is 0.238. The number of likely N-dealkylation sites (N-methyl/N-ethyl adjacent to an activating group) is 1. The van der Waals surface area contributed by atoms with Crippen LogP contribution in [0.5, 0.6) is 11.5 Å². The van der Waals surface area contributed by atoms with Crippen LogP contribution in [0.4, 0.5) is 13.2 Å². The minimum absolute atomic E-state index is 0.0115. The normalized spacial score (nSPS) is 15.5. The van der Waals surface area contributed by atoms with Crippen LogP contribution in [-0.2, 0) is 17.6 Å². The first-order chi connectivity index (χ1) is 14.2. The molecule has 1 saturated heterocycles. The van der Waals surface area contributed by atoms with Gasteiger partial charge in [-0.05, 0) is 61.1 Å². The molecule has 0 aliphatic carbocycles. The zero-order valence-corrected chi connectivity index (χ0v) is 17.1. The Morgan fingerprint density at radius 1 is 1.20 bits per heavy atom. The van der Waals surface area contributed by atoms with Crippen molar-refractivity contribution in [1.29, 1.82) is 0 Å². The van der Waals surface area contributed by atoms with Crippen LogP contribution in [0.1, 0.15) is 23.6 Å². The lowest BCUT2D eigenvalue weighted by atomic mass is 10.1. The zero-order valence-electron chi connectivity index (χ0n) is 16.2. The fourth-order valence-corrected chi connectivity index (χ4v) is 3.27. The van der Waals surface area contributed by atoms with Crippen molar-refractivity contribution in [3.8, 4) is 11.5 Å². The Labute approximate surface area is 177 Å². The Hall–Kier alpha value is -3.07. The number of halogens is 3. The number of carbonyl (C=O) groups excluding carboxylic acids is 1. The standard InChI is InChI=1S/C21H19F3N2O3S/c1-3-26-19(27)17(25-20(26)30)10-13-7-8-18(28-2)14(9-13)12-29-16-6-4-5-15(11-16)21(22,23)24/h4-11H,3,12H2,1-2H3,(H,25,30)/b17-10+. The molecule has 0 spiro atoms. The average molecular weight is 436 g/mol. The maximum Gasteiger partial charge on any atom is 0.416 e. The number of hydrogen-bond acceptors (Lipinski definition) is 4. The summed E-state index contributed by atoms with van der Waals surface area (Å²) in [5.41, 5.74) is 0.865. The van der Waals surface area contributed by atoms with E-state index in [0.717, 1.165) is 12.1 Å². The number of rotatable bonds is 6. The molecular weight excluding hydrogens is 417 g/mol. The second kappa shape index (κ2) is 8.74. The van der Waals surface area contributed by atoms with Gasteiger partial charge >= 0.3 is 6.18 Å². The summed E-state index contributed by atoms with van der Waals surface area (Å²) in [6, 6.07) is 9.87. The molecule has 1 N–H and O–H groups in total. The quantitative estimate of drug-likeness (QED) is 0.538. The van der Waals surface area contributed by atoms with E-state index >= 15 is 0 Å². The van der Waals surface area contributed by atoms with Crippen LogP contribution in [0, 0.1) is 0 Å². The number of methoxy groups -OCH3 is 1. The Morgan fingerprint density at radius 3 is 2.60 bits per heavy atom.